The Morgan fingerprint density at radius 2 is 1.96 bits per heavy atom. The first-order chi connectivity index (χ1) is 11.3. The summed E-state index contributed by atoms with van der Waals surface area (Å²) in [5.41, 5.74) is -2.69. The minimum Gasteiger partial charge on any atom is -0.374 e. The highest BCUT2D eigenvalue weighted by Crippen LogP contribution is 2.40. The van der Waals surface area contributed by atoms with Crippen LogP contribution in [0, 0.1) is 0 Å². The van der Waals surface area contributed by atoms with Crippen molar-refractivity contribution in [3.63, 3.8) is 0 Å². The number of aromatic nitrogens is 6. The molecule has 0 aliphatic heterocycles. The summed E-state index contributed by atoms with van der Waals surface area (Å²) in [6.45, 7) is -0.192. The maximum Gasteiger partial charge on any atom is 0.424 e. The van der Waals surface area contributed by atoms with Gasteiger partial charge in [0.1, 0.15) is 12.2 Å². The van der Waals surface area contributed by atoms with Gasteiger partial charge in [0.05, 0.1) is 0 Å². The number of nitrogens with one attached hydrogen (secondary N) is 1. The summed E-state index contributed by atoms with van der Waals surface area (Å²) in [4.78, 5) is 7.67. The molecule has 128 valence electrons. The lowest BCUT2D eigenvalue weighted by Crippen LogP contribution is -2.45. The van der Waals surface area contributed by atoms with Crippen molar-refractivity contribution in [2.75, 3.05) is 11.9 Å². The molecule has 8 nitrogen and oxygen atoms in total. The minimum atomic E-state index is -4.87. The minimum absolute atomic E-state index is 0.192. The average molecular weight is 341 g/mol. The molecule has 0 saturated heterocycles. The molecule has 1 unspecified atom stereocenters. The summed E-state index contributed by atoms with van der Waals surface area (Å²) in [5, 5.41) is 20.5. The monoisotopic (exact) mass is 341 g/mol. The maximum atomic E-state index is 13.4. The van der Waals surface area contributed by atoms with E-state index in [2.05, 4.69) is 25.5 Å². The van der Waals surface area contributed by atoms with Gasteiger partial charge in [-0.1, -0.05) is 0 Å². The molecule has 3 aromatic heterocycles. The van der Waals surface area contributed by atoms with Gasteiger partial charge >= 0.3 is 6.18 Å². The van der Waals surface area contributed by atoms with Crippen molar-refractivity contribution in [1.82, 2.24) is 29.1 Å². The highest BCUT2D eigenvalue weighted by molar-refractivity contribution is 5.61. The first-order valence-corrected chi connectivity index (χ1v) is 6.98. The Bertz CT molecular complexity index is 843. The van der Waals surface area contributed by atoms with Crippen molar-refractivity contribution in [3.8, 4) is 0 Å². The van der Waals surface area contributed by atoms with Gasteiger partial charge in [-0.05, 0) is 0 Å². The predicted octanol–water partition coefficient (Wildman–Crippen LogP) is 1.11. The fraction of sp³-hybridized carbons (Fsp3) is 0.385. The van der Waals surface area contributed by atoms with Crippen molar-refractivity contribution < 1.29 is 18.3 Å². The van der Waals surface area contributed by atoms with Gasteiger partial charge in [0.2, 0.25) is 11.2 Å². The van der Waals surface area contributed by atoms with Crippen LogP contribution in [0.15, 0.2) is 31.1 Å². The van der Waals surface area contributed by atoms with E-state index in [1.807, 2.05) is 0 Å². The van der Waals surface area contributed by atoms with E-state index in [1.54, 1.807) is 10.6 Å². The molecule has 3 aromatic rings. The topological polar surface area (TPSA) is 93.2 Å². The van der Waals surface area contributed by atoms with Crippen LogP contribution in [-0.2, 0) is 12.6 Å². The van der Waals surface area contributed by atoms with E-state index >= 15 is 0 Å². The van der Waals surface area contributed by atoms with Crippen LogP contribution in [0.25, 0.3) is 5.65 Å². The van der Waals surface area contributed by atoms with Crippen molar-refractivity contribution in [2.45, 2.75) is 18.2 Å². The fourth-order valence-electron chi connectivity index (χ4n) is 2.39. The Hall–Kier alpha value is -2.69. The third-order valence-electron chi connectivity index (χ3n) is 3.66. The van der Waals surface area contributed by atoms with Crippen LogP contribution in [0.5, 0.6) is 0 Å². The molecule has 0 amide bonds. The summed E-state index contributed by atoms with van der Waals surface area (Å²) < 4.78 is 42.9. The van der Waals surface area contributed by atoms with Crippen LogP contribution in [0.1, 0.15) is 12.2 Å². The molecule has 0 radical (unpaired) electrons. The summed E-state index contributed by atoms with van der Waals surface area (Å²) in [6, 6.07) is 0. The highest BCUT2D eigenvalue weighted by atomic mass is 19.4. The first-order valence-electron chi connectivity index (χ1n) is 6.98. The molecule has 0 saturated carbocycles. The molecule has 3 rings (SSSR count). The molecule has 0 aliphatic carbocycles. The molecule has 0 aromatic carbocycles. The number of aryl methyl sites for hydroxylation is 1. The van der Waals surface area contributed by atoms with E-state index in [1.165, 1.54) is 32.0 Å². The Balaban J connectivity index is 1.80. The average Bonchev–Trinajstić information content (AvgIpc) is 3.15. The molecule has 3 heterocycles. The van der Waals surface area contributed by atoms with Crippen LogP contribution in [-0.4, -0.2) is 47.0 Å². The predicted molar refractivity (Wildman–Crippen MR) is 77.0 cm³/mol. The van der Waals surface area contributed by atoms with Gasteiger partial charge in [-0.3, -0.25) is 4.40 Å². The third-order valence-corrected chi connectivity index (χ3v) is 3.66. The van der Waals surface area contributed by atoms with E-state index in [9.17, 15) is 18.3 Å². The Morgan fingerprint density at radius 3 is 2.62 bits per heavy atom. The lowest BCUT2D eigenvalue weighted by molar-refractivity contribution is -0.271. The van der Waals surface area contributed by atoms with Crippen molar-refractivity contribution >= 4 is 11.5 Å². The molecule has 0 spiro atoms. The maximum absolute atomic E-state index is 13.4. The molecule has 0 bridgehead atoms. The van der Waals surface area contributed by atoms with Crippen LogP contribution in [0.4, 0.5) is 19.0 Å². The molecule has 0 fully saturated rings. The van der Waals surface area contributed by atoms with Crippen molar-refractivity contribution in [1.29, 1.82) is 0 Å². The zero-order valence-electron chi connectivity index (χ0n) is 12.6. The second-order valence-corrected chi connectivity index (χ2v) is 5.23. The Labute approximate surface area is 134 Å². The van der Waals surface area contributed by atoms with Crippen molar-refractivity contribution in [3.05, 3.63) is 36.9 Å². The van der Waals surface area contributed by atoms with Crippen LogP contribution < -0.4 is 5.32 Å². The number of imidazole rings is 1. The molecule has 11 heteroatoms. The van der Waals surface area contributed by atoms with Gasteiger partial charge < -0.3 is 15.0 Å². The number of hydrogen-bond donors (Lipinski definition) is 2. The van der Waals surface area contributed by atoms with Gasteiger partial charge in [0.25, 0.3) is 0 Å². The van der Waals surface area contributed by atoms with Gasteiger partial charge in [0, 0.05) is 44.8 Å². The van der Waals surface area contributed by atoms with E-state index < -0.39 is 24.0 Å². The second-order valence-electron chi connectivity index (χ2n) is 5.23. The number of hydrogen-bond acceptors (Lipinski definition) is 6. The van der Waals surface area contributed by atoms with Crippen LogP contribution in [0.3, 0.4) is 0 Å². The zero-order valence-corrected chi connectivity index (χ0v) is 12.6. The fourth-order valence-corrected chi connectivity index (χ4v) is 2.39. The zero-order chi connectivity index (χ0) is 17.4. The van der Waals surface area contributed by atoms with Crippen LogP contribution >= 0.6 is 0 Å². The first kappa shape index (κ1) is 16.2. The second kappa shape index (κ2) is 5.74. The van der Waals surface area contributed by atoms with Crippen molar-refractivity contribution in [2.24, 2.45) is 7.05 Å². The quantitative estimate of drug-likeness (QED) is 0.722. The highest BCUT2D eigenvalue weighted by Gasteiger charge is 2.57. The molecular formula is C13H14F3N7O. The van der Waals surface area contributed by atoms with E-state index in [-0.39, 0.29) is 12.4 Å². The summed E-state index contributed by atoms with van der Waals surface area (Å²) >= 11 is 0. The Morgan fingerprint density at radius 1 is 1.21 bits per heavy atom. The lowest BCUT2D eigenvalue weighted by Gasteiger charge is -2.30. The Kier molecular flexibility index (Phi) is 3.87. The number of rotatable bonds is 5. The molecular weight excluding hydrogens is 327 g/mol. The van der Waals surface area contributed by atoms with E-state index in [0.29, 0.717) is 5.65 Å². The lowest BCUT2D eigenvalue weighted by atomic mass is 9.97. The summed E-state index contributed by atoms with van der Waals surface area (Å²) in [6.07, 6.45) is 1.56. The number of alkyl halides is 3. The largest absolute Gasteiger partial charge is 0.424 e. The third kappa shape index (κ3) is 2.66. The van der Waals surface area contributed by atoms with Gasteiger partial charge in [-0.25, -0.2) is 9.97 Å². The molecule has 0 aliphatic rings. The smallest absolute Gasteiger partial charge is 0.374 e. The van der Waals surface area contributed by atoms with Gasteiger partial charge in [-0.2, -0.15) is 13.2 Å². The summed E-state index contributed by atoms with van der Waals surface area (Å²) in [5.74, 6) is -0.190. The molecule has 24 heavy (non-hydrogen) atoms. The SMILES string of the molecule is Cn1ccnc1C(O)(CCNc1nccn2cnnc12)C(F)(F)F. The molecule has 2 N–H and O–H groups in total. The van der Waals surface area contributed by atoms with E-state index in [0.717, 1.165) is 4.57 Å². The van der Waals surface area contributed by atoms with Gasteiger partial charge in [0.15, 0.2) is 5.82 Å². The summed E-state index contributed by atoms with van der Waals surface area (Å²) in [7, 11) is 1.39. The molecule has 1 atom stereocenters. The number of anilines is 1. The van der Waals surface area contributed by atoms with Crippen LogP contribution in [0.2, 0.25) is 0 Å². The normalized spacial score (nSPS) is 14.7. The number of fused-ring (bicyclic) bond motifs is 1. The van der Waals surface area contributed by atoms with Gasteiger partial charge in [-0.15, -0.1) is 10.2 Å². The number of halogens is 3. The number of aliphatic hydroxyl groups is 1. The standard InChI is InChI=1S/C13H14F3N7O/c1-22-6-4-19-11(22)12(24,13(14,15)16)2-3-17-9-10-21-20-8-23(10)7-5-18-9/h4-8,24H,2-3H2,1H3,(H,17,18). The van der Waals surface area contributed by atoms with E-state index in [4.69, 9.17) is 0 Å². The number of nitrogens with zero attached hydrogens (tertiary/aromatic N) is 6.